The van der Waals surface area contributed by atoms with Gasteiger partial charge in [-0.25, -0.2) is 8.42 Å². The molecule has 1 aromatic rings. The van der Waals surface area contributed by atoms with Gasteiger partial charge in [0.15, 0.2) is 5.75 Å². The number of halogens is 4. The predicted molar refractivity (Wildman–Crippen MR) is 62.6 cm³/mol. The molecule has 0 fully saturated rings. The van der Waals surface area contributed by atoms with Crippen LogP contribution in [0.15, 0.2) is 24.3 Å². The maximum Gasteiger partial charge on any atom is 0.404 e. The van der Waals surface area contributed by atoms with E-state index < -0.39 is 22.0 Å². The van der Waals surface area contributed by atoms with E-state index in [9.17, 15) is 21.6 Å². The number of hydrogen-bond acceptors (Lipinski definition) is 2. The van der Waals surface area contributed by atoms with Crippen molar-refractivity contribution in [1.82, 2.24) is 0 Å². The van der Waals surface area contributed by atoms with E-state index in [1.807, 2.05) is 27.3 Å². The first-order chi connectivity index (χ1) is 7.18. The molecule has 0 aromatic heterocycles. The summed E-state index contributed by atoms with van der Waals surface area (Å²) in [4.78, 5) is 0. The van der Waals surface area contributed by atoms with Crippen LogP contribution in [-0.4, -0.2) is 20.3 Å². The summed E-state index contributed by atoms with van der Waals surface area (Å²) in [5, 5.41) is 0. The van der Waals surface area contributed by atoms with Gasteiger partial charge in [0, 0.05) is 9.26 Å². The number of rotatable bonds is 3. The average molecular weight is 365 g/mol. The third-order valence-electron chi connectivity index (χ3n) is 1.45. The summed E-state index contributed by atoms with van der Waals surface area (Å²) < 4.78 is 60.5. The lowest BCUT2D eigenvalue weighted by Crippen LogP contribution is -2.27. The molecule has 0 unspecified atom stereocenters. The molecule has 0 aliphatic heterocycles. The molecule has 0 saturated heterocycles. The van der Waals surface area contributed by atoms with Gasteiger partial charge in [0.2, 0.25) is 10.0 Å². The van der Waals surface area contributed by atoms with Crippen molar-refractivity contribution in [1.29, 1.82) is 0 Å². The van der Waals surface area contributed by atoms with Crippen molar-refractivity contribution in [2.24, 2.45) is 0 Å². The van der Waals surface area contributed by atoms with Crippen LogP contribution in [-0.2, 0) is 10.0 Å². The summed E-state index contributed by atoms with van der Waals surface area (Å²) in [6.45, 7) is 0. The minimum absolute atomic E-state index is 0.121. The van der Waals surface area contributed by atoms with Crippen LogP contribution in [0.1, 0.15) is 0 Å². The van der Waals surface area contributed by atoms with Gasteiger partial charge < -0.3 is 0 Å². The Bertz CT molecular complexity index is 472. The molecule has 0 atom stereocenters. The Morgan fingerprint density at radius 1 is 1.31 bits per heavy atom. The Kier molecular flexibility index (Phi) is 4.05. The van der Waals surface area contributed by atoms with E-state index in [2.05, 4.69) is 0 Å². The second-order valence-corrected chi connectivity index (χ2v) is 5.95. The van der Waals surface area contributed by atoms with Crippen LogP contribution in [0.5, 0.6) is 0 Å². The molecule has 0 aliphatic rings. The van der Waals surface area contributed by atoms with Crippen molar-refractivity contribution in [2.75, 3.05) is 10.5 Å². The van der Waals surface area contributed by atoms with Crippen molar-refractivity contribution in [3.8, 4) is 0 Å². The first-order valence-electron chi connectivity index (χ1n) is 4.01. The van der Waals surface area contributed by atoms with E-state index in [0.29, 0.717) is 0 Å². The Morgan fingerprint density at radius 3 is 2.44 bits per heavy atom. The zero-order valence-electron chi connectivity index (χ0n) is 7.75. The van der Waals surface area contributed by atoms with E-state index in [1.54, 1.807) is 12.1 Å². The number of alkyl halides is 3. The predicted octanol–water partition coefficient (Wildman–Crippen LogP) is 2.60. The third-order valence-corrected chi connectivity index (χ3v) is 3.38. The number of benzene rings is 1. The number of anilines is 1. The SMILES string of the molecule is O=S(=O)(CC(F)(F)F)Nc1cccc(I)c1. The second-order valence-electron chi connectivity index (χ2n) is 2.99. The van der Waals surface area contributed by atoms with Crippen LogP contribution < -0.4 is 4.72 Å². The molecule has 1 rings (SSSR count). The zero-order valence-corrected chi connectivity index (χ0v) is 10.7. The normalized spacial score (nSPS) is 12.5. The molecule has 0 heterocycles. The van der Waals surface area contributed by atoms with Gasteiger partial charge in [0.25, 0.3) is 0 Å². The highest BCUT2D eigenvalue weighted by Gasteiger charge is 2.35. The maximum absolute atomic E-state index is 11.9. The molecular weight excluding hydrogens is 358 g/mol. The van der Waals surface area contributed by atoms with Gasteiger partial charge in [-0.1, -0.05) is 6.07 Å². The van der Waals surface area contributed by atoms with Crippen molar-refractivity contribution in [3.63, 3.8) is 0 Å². The minimum Gasteiger partial charge on any atom is -0.283 e. The van der Waals surface area contributed by atoms with Crippen molar-refractivity contribution in [2.45, 2.75) is 6.18 Å². The zero-order chi connectivity index (χ0) is 12.4. The lowest BCUT2D eigenvalue weighted by Gasteiger charge is -2.10. The number of hydrogen-bond donors (Lipinski definition) is 1. The van der Waals surface area contributed by atoms with E-state index in [4.69, 9.17) is 0 Å². The molecule has 0 radical (unpaired) electrons. The summed E-state index contributed by atoms with van der Waals surface area (Å²) in [6, 6.07) is 6.07. The van der Waals surface area contributed by atoms with Gasteiger partial charge in [0.1, 0.15) is 0 Å². The van der Waals surface area contributed by atoms with E-state index in [0.717, 1.165) is 3.57 Å². The van der Waals surface area contributed by atoms with Crippen LogP contribution >= 0.6 is 22.6 Å². The molecule has 8 heteroatoms. The van der Waals surface area contributed by atoms with Gasteiger partial charge in [0.05, 0.1) is 0 Å². The molecular formula is C8H7F3INO2S. The molecule has 0 amide bonds. The fourth-order valence-corrected chi connectivity index (χ4v) is 2.52. The summed E-state index contributed by atoms with van der Waals surface area (Å²) in [5.41, 5.74) is 0.121. The molecule has 1 N–H and O–H groups in total. The van der Waals surface area contributed by atoms with Crippen molar-refractivity contribution < 1.29 is 21.6 Å². The van der Waals surface area contributed by atoms with E-state index in [1.165, 1.54) is 12.1 Å². The lowest BCUT2D eigenvalue weighted by atomic mass is 10.3. The highest BCUT2D eigenvalue weighted by Crippen LogP contribution is 2.20. The minimum atomic E-state index is -4.74. The van der Waals surface area contributed by atoms with Crippen LogP contribution in [0.4, 0.5) is 18.9 Å². The van der Waals surface area contributed by atoms with Crippen LogP contribution in [0.25, 0.3) is 0 Å². The highest BCUT2D eigenvalue weighted by atomic mass is 127. The lowest BCUT2D eigenvalue weighted by molar-refractivity contribution is -0.106. The van der Waals surface area contributed by atoms with Crippen LogP contribution in [0.2, 0.25) is 0 Å². The smallest absolute Gasteiger partial charge is 0.283 e. The Balaban J connectivity index is 2.81. The van der Waals surface area contributed by atoms with Gasteiger partial charge in [-0.05, 0) is 40.8 Å². The second kappa shape index (κ2) is 4.78. The summed E-state index contributed by atoms with van der Waals surface area (Å²) in [5.74, 6) is -1.88. The quantitative estimate of drug-likeness (QED) is 0.838. The van der Waals surface area contributed by atoms with Gasteiger partial charge in [-0.15, -0.1) is 0 Å². The third kappa shape index (κ3) is 5.01. The summed E-state index contributed by atoms with van der Waals surface area (Å²) >= 11 is 1.93. The van der Waals surface area contributed by atoms with Crippen molar-refractivity contribution >= 4 is 38.3 Å². The Morgan fingerprint density at radius 2 is 1.94 bits per heavy atom. The number of nitrogens with one attached hydrogen (secondary N) is 1. The molecule has 90 valence electrons. The first-order valence-corrected chi connectivity index (χ1v) is 6.74. The van der Waals surface area contributed by atoms with Gasteiger partial charge in [-0.2, -0.15) is 13.2 Å². The molecule has 16 heavy (non-hydrogen) atoms. The summed E-state index contributed by atoms with van der Waals surface area (Å²) in [7, 11) is -4.39. The highest BCUT2D eigenvalue weighted by molar-refractivity contribution is 14.1. The van der Waals surface area contributed by atoms with E-state index in [-0.39, 0.29) is 5.69 Å². The van der Waals surface area contributed by atoms with Crippen LogP contribution in [0.3, 0.4) is 0 Å². The average Bonchev–Trinajstić information content (AvgIpc) is 1.96. The van der Waals surface area contributed by atoms with E-state index >= 15 is 0 Å². The number of sulfonamides is 1. The van der Waals surface area contributed by atoms with Crippen molar-refractivity contribution in [3.05, 3.63) is 27.8 Å². The Hall–Kier alpha value is -0.510. The maximum atomic E-state index is 11.9. The summed E-state index contributed by atoms with van der Waals surface area (Å²) in [6.07, 6.45) is -4.74. The molecule has 0 saturated carbocycles. The first kappa shape index (κ1) is 13.6. The topological polar surface area (TPSA) is 46.2 Å². The van der Waals surface area contributed by atoms with Crippen LogP contribution in [0, 0.1) is 3.57 Å². The Labute approximate surface area is 104 Å². The molecule has 0 spiro atoms. The fourth-order valence-electron chi connectivity index (χ4n) is 0.983. The fraction of sp³-hybridized carbons (Fsp3) is 0.250. The van der Waals surface area contributed by atoms with Gasteiger partial charge in [-0.3, -0.25) is 4.72 Å². The largest absolute Gasteiger partial charge is 0.404 e. The monoisotopic (exact) mass is 365 g/mol. The standard InChI is InChI=1S/C8H7F3INO2S/c9-8(10,11)5-16(14,15)13-7-3-1-2-6(12)4-7/h1-4,13H,5H2. The van der Waals surface area contributed by atoms with Gasteiger partial charge >= 0.3 is 6.18 Å². The molecule has 3 nitrogen and oxygen atoms in total. The molecule has 0 bridgehead atoms. The molecule has 1 aromatic carbocycles. The molecule has 0 aliphatic carbocycles.